The zero-order valence-corrected chi connectivity index (χ0v) is 14.2. The van der Waals surface area contributed by atoms with Crippen LogP contribution in [0.5, 0.6) is 0 Å². The van der Waals surface area contributed by atoms with Gasteiger partial charge in [-0.1, -0.05) is 18.2 Å². The second-order valence-electron chi connectivity index (χ2n) is 6.20. The number of aryl methyl sites for hydroxylation is 1. The summed E-state index contributed by atoms with van der Waals surface area (Å²) in [5.74, 6) is 0.801. The predicted octanol–water partition coefficient (Wildman–Crippen LogP) is 4.22. The van der Waals surface area contributed by atoms with E-state index in [1.54, 1.807) is 6.20 Å². The summed E-state index contributed by atoms with van der Waals surface area (Å²) in [4.78, 5) is 4.40. The Morgan fingerprint density at radius 3 is 2.41 bits per heavy atom. The molecule has 0 saturated carbocycles. The van der Waals surface area contributed by atoms with Crippen LogP contribution in [-0.4, -0.2) is 15.6 Å². The highest BCUT2D eigenvalue weighted by molar-refractivity contribution is 7.80. The quantitative estimate of drug-likeness (QED) is 0.741. The normalized spacial score (nSPS) is 10.9. The molecule has 0 saturated heterocycles. The number of hydrogen-bond acceptors (Lipinski definition) is 3. The van der Waals surface area contributed by atoms with Gasteiger partial charge in [0.25, 0.3) is 0 Å². The molecule has 22 heavy (non-hydrogen) atoms. The number of anilines is 3. The molecular formula is C17H22N4S. The van der Waals surface area contributed by atoms with Crippen LogP contribution in [0, 0.1) is 6.92 Å². The number of nitrogens with zero attached hydrogens (tertiary/aromatic N) is 1. The van der Waals surface area contributed by atoms with Gasteiger partial charge >= 0.3 is 0 Å². The van der Waals surface area contributed by atoms with E-state index in [9.17, 15) is 0 Å². The van der Waals surface area contributed by atoms with E-state index in [1.165, 1.54) is 5.56 Å². The van der Waals surface area contributed by atoms with E-state index in [4.69, 9.17) is 12.2 Å². The Kier molecular flexibility index (Phi) is 4.98. The third-order valence-corrected chi connectivity index (χ3v) is 3.12. The first-order chi connectivity index (χ1) is 10.3. The zero-order valence-electron chi connectivity index (χ0n) is 13.4. The molecule has 116 valence electrons. The van der Waals surface area contributed by atoms with Crippen LogP contribution in [0.1, 0.15) is 26.3 Å². The topological polar surface area (TPSA) is 49.0 Å². The molecule has 0 aliphatic carbocycles. The minimum Gasteiger partial charge on any atom is -0.358 e. The second-order valence-corrected chi connectivity index (χ2v) is 6.61. The lowest BCUT2D eigenvalue weighted by Crippen LogP contribution is -2.42. The van der Waals surface area contributed by atoms with Gasteiger partial charge in [0.2, 0.25) is 0 Å². The highest BCUT2D eigenvalue weighted by Crippen LogP contribution is 2.19. The van der Waals surface area contributed by atoms with E-state index in [0.29, 0.717) is 5.11 Å². The van der Waals surface area contributed by atoms with Crippen LogP contribution in [0.25, 0.3) is 0 Å². The lowest BCUT2D eigenvalue weighted by atomic mass is 10.1. The van der Waals surface area contributed by atoms with Gasteiger partial charge in [-0.15, -0.1) is 0 Å². The lowest BCUT2D eigenvalue weighted by Gasteiger charge is -2.23. The van der Waals surface area contributed by atoms with E-state index in [2.05, 4.69) is 54.7 Å². The van der Waals surface area contributed by atoms with Crippen molar-refractivity contribution in [1.82, 2.24) is 10.3 Å². The molecule has 0 unspecified atom stereocenters. The first-order valence-electron chi connectivity index (χ1n) is 7.21. The molecule has 0 aliphatic heterocycles. The molecule has 5 heteroatoms. The summed E-state index contributed by atoms with van der Waals surface area (Å²) in [6.45, 7) is 8.26. The van der Waals surface area contributed by atoms with Gasteiger partial charge in [-0.05, 0) is 63.7 Å². The number of rotatable bonds is 3. The summed E-state index contributed by atoms with van der Waals surface area (Å²) in [6, 6.07) is 12.0. The molecule has 0 bridgehead atoms. The van der Waals surface area contributed by atoms with Crippen LogP contribution < -0.4 is 16.0 Å². The predicted molar refractivity (Wildman–Crippen MR) is 97.8 cm³/mol. The number of thiocarbonyl (C=S) groups is 1. The molecule has 0 atom stereocenters. The molecule has 0 amide bonds. The zero-order chi connectivity index (χ0) is 16.2. The standard InChI is InChI=1S/C17H22N4S/c1-12-7-5-6-8-14(12)20-15-10-9-13(11-18-15)19-16(22)21-17(2,3)4/h5-11H,1-4H3,(H,18,20)(H2,19,21,22). The minimum absolute atomic E-state index is 0.0656. The van der Waals surface area contributed by atoms with Gasteiger partial charge < -0.3 is 16.0 Å². The van der Waals surface area contributed by atoms with Crippen molar-refractivity contribution in [2.45, 2.75) is 33.2 Å². The van der Waals surface area contributed by atoms with Gasteiger partial charge in [0.1, 0.15) is 5.82 Å². The number of benzene rings is 1. The van der Waals surface area contributed by atoms with E-state index in [1.807, 2.05) is 30.3 Å². The number of nitrogens with one attached hydrogen (secondary N) is 3. The summed E-state index contributed by atoms with van der Waals surface area (Å²) >= 11 is 5.27. The third-order valence-electron chi connectivity index (χ3n) is 2.92. The SMILES string of the molecule is Cc1ccccc1Nc1ccc(NC(=S)NC(C)(C)C)cn1. The Morgan fingerprint density at radius 2 is 1.82 bits per heavy atom. The monoisotopic (exact) mass is 314 g/mol. The van der Waals surface area contributed by atoms with Crippen LogP contribution >= 0.6 is 12.2 Å². The summed E-state index contributed by atoms with van der Waals surface area (Å²) in [5.41, 5.74) is 3.03. The van der Waals surface area contributed by atoms with E-state index < -0.39 is 0 Å². The summed E-state index contributed by atoms with van der Waals surface area (Å²) < 4.78 is 0. The molecule has 3 N–H and O–H groups in total. The van der Waals surface area contributed by atoms with Crippen molar-refractivity contribution >= 4 is 34.5 Å². The van der Waals surface area contributed by atoms with Crippen molar-refractivity contribution in [3.05, 3.63) is 48.2 Å². The van der Waals surface area contributed by atoms with Crippen molar-refractivity contribution in [1.29, 1.82) is 0 Å². The number of pyridine rings is 1. The second kappa shape index (κ2) is 6.75. The fourth-order valence-corrected chi connectivity index (χ4v) is 2.32. The maximum absolute atomic E-state index is 5.27. The largest absolute Gasteiger partial charge is 0.358 e. The van der Waals surface area contributed by atoms with Crippen LogP contribution in [0.2, 0.25) is 0 Å². The molecule has 4 nitrogen and oxygen atoms in total. The van der Waals surface area contributed by atoms with Crippen LogP contribution in [0.4, 0.5) is 17.2 Å². The Labute approximate surface area is 137 Å². The van der Waals surface area contributed by atoms with Gasteiger partial charge in [0, 0.05) is 11.2 Å². The maximum Gasteiger partial charge on any atom is 0.171 e. The fraction of sp³-hybridized carbons (Fsp3) is 0.294. The van der Waals surface area contributed by atoms with Gasteiger partial charge in [-0.25, -0.2) is 4.98 Å². The van der Waals surface area contributed by atoms with Gasteiger partial charge in [-0.3, -0.25) is 0 Å². The van der Waals surface area contributed by atoms with Crippen LogP contribution in [0.3, 0.4) is 0 Å². The van der Waals surface area contributed by atoms with Gasteiger partial charge in [0.15, 0.2) is 5.11 Å². The molecule has 2 rings (SSSR count). The van der Waals surface area contributed by atoms with Crippen molar-refractivity contribution in [3.63, 3.8) is 0 Å². The van der Waals surface area contributed by atoms with Crippen LogP contribution in [-0.2, 0) is 0 Å². The van der Waals surface area contributed by atoms with E-state index in [0.717, 1.165) is 17.2 Å². The van der Waals surface area contributed by atoms with Crippen LogP contribution in [0.15, 0.2) is 42.6 Å². The molecule has 0 spiro atoms. The summed E-state index contributed by atoms with van der Waals surface area (Å²) in [5, 5.41) is 10.2. The number of para-hydroxylation sites is 1. The Morgan fingerprint density at radius 1 is 1.09 bits per heavy atom. The van der Waals surface area contributed by atoms with Crippen molar-refractivity contribution in [2.75, 3.05) is 10.6 Å². The van der Waals surface area contributed by atoms with E-state index >= 15 is 0 Å². The Bertz CT molecular complexity index is 644. The maximum atomic E-state index is 5.27. The third kappa shape index (κ3) is 5.00. The Hall–Kier alpha value is -2.14. The molecule has 0 aliphatic rings. The highest BCUT2D eigenvalue weighted by atomic mass is 32.1. The van der Waals surface area contributed by atoms with E-state index in [-0.39, 0.29) is 5.54 Å². The highest BCUT2D eigenvalue weighted by Gasteiger charge is 2.11. The average molecular weight is 314 g/mol. The number of hydrogen-bond donors (Lipinski definition) is 3. The summed E-state index contributed by atoms with van der Waals surface area (Å²) in [7, 11) is 0. The molecule has 1 aromatic heterocycles. The van der Waals surface area contributed by atoms with Crippen molar-refractivity contribution in [3.8, 4) is 0 Å². The Balaban J connectivity index is 1.99. The summed E-state index contributed by atoms with van der Waals surface area (Å²) in [6.07, 6.45) is 1.76. The molecule has 0 radical (unpaired) electrons. The smallest absolute Gasteiger partial charge is 0.171 e. The first kappa shape index (κ1) is 16.2. The van der Waals surface area contributed by atoms with Gasteiger partial charge in [-0.2, -0.15) is 0 Å². The lowest BCUT2D eigenvalue weighted by molar-refractivity contribution is 0.515. The first-order valence-corrected chi connectivity index (χ1v) is 7.62. The number of aromatic nitrogens is 1. The molecular weight excluding hydrogens is 292 g/mol. The van der Waals surface area contributed by atoms with Crippen molar-refractivity contribution < 1.29 is 0 Å². The molecule has 2 aromatic rings. The molecule has 1 aromatic carbocycles. The fourth-order valence-electron chi connectivity index (χ4n) is 1.90. The van der Waals surface area contributed by atoms with Crippen molar-refractivity contribution in [2.24, 2.45) is 0 Å². The van der Waals surface area contributed by atoms with Gasteiger partial charge in [0.05, 0.1) is 11.9 Å². The minimum atomic E-state index is -0.0656. The molecule has 1 heterocycles. The average Bonchev–Trinajstić information content (AvgIpc) is 2.41. The molecule has 0 fully saturated rings.